The Hall–Kier alpha value is -10.7. The summed E-state index contributed by atoms with van der Waals surface area (Å²) in [4.78, 5) is 92.4. The Labute approximate surface area is 643 Å². The summed E-state index contributed by atoms with van der Waals surface area (Å²) in [7, 11) is 9.09. The molecule has 0 saturated heterocycles. The summed E-state index contributed by atoms with van der Waals surface area (Å²) in [5.74, 6) is 3.19. The summed E-state index contributed by atoms with van der Waals surface area (Å²) in [5, 5.41) is 4.53. The number of anilines is 8. The molecule has 10 aromatic rings. The van der Waals surface area contributed by atoms with E-state index in [0.717, 1.165) is 169 Å². The summed E-state index contributed by atoms with van der Waals surface area (Å²) in [6, 6.07) is 86.0. The van der Waals surface area contributed by atoms with Gasteiger partial charge in [-0.2, -0.15) is 0 Å². The zero-order valence-electron chi connectivity index (χ0n) is 63.9. The highest BCUT2D eigenvalue weighted by molar-refractivity contribution is 6.11. The van der Waals surface area contributed by atoms with Crippen LogP contribution in [-0.2, 0) is 28.8 Å². The van der Waals surface area contributed by atoms with Gasteiger partial charge in [0.2, 0.25) is 35.4 Å². The maximum Gasteiger partial charge on any atom is 0.234 e. The molecule has 0 aromatic heterocycles. The summed E-state index contributed by atoms with van der Waals surface area (Å²) in [6.07, 6.45) is 19.8. The van der Waals surface area contributed by atoms with Crippen molar-refractivity contribution >= 4 is 102 Å². The number of rotatable bonds is 15. The third-order valence-electron chi connectivity index (χ3n) is 25.0. The molecule has 109 heavy (non-hydrogen) atoms. The first kappa shape index (κ1) is 75.2. The van der Waals surface area contributed by atoms with Gasteiger partial charge in [0.05, 0.1) is 41.2 Å². The van der Waals surface area contributed by atoms with Crippen LogP contribution in [0.25, 0.3) is 21.5 Å². The lowest BCUT2D eigenvalue weighted by Crippen LogP contribution is -2.61. The van der Waals surface area contributed by atoms with Crippen LogP contribution in [0.3, 0.4) is 0 Å². The molecule has 13 heteroatoms. The van der Waals surface area contributed by atoms with Gasteiger partial charge < -0.3 is 24.3 Å². The average molecular weight is 1450 g/mol. The zero-order chi connectivity index (χ0) is 75.6. The van der Waals surface area contributed by atoms with Crippen molar-refractivity contribution in [3.63, 3.8) is 0 Å². The Balaban J connectivity index is 0.000000122. The molecule has 18 rings (SSSR count). The highest BCUT2D eigenvalue weighted by atomic mass is 16.5. The third-order valence-corrected chi connectivity index (χ3v) is 25.0. The van der Waals surface area contributed by atoms with E-state index in [0.29, 0.717) is 30.1 Å². The number of nitrogens with zero attached hydrogens (tertiary/aromatic N) is 6. The Morgan fingerprint density at radius 2 is 0.642 bits per heavy atom. The van der Waals surface area contributed by atoms with Gasteiger partial charge in [-0.1, -0.05) is 202 Å². The van der Waals surface area contributed by atoms with E-state index < -0.39 is 10.8 Å². The molecule has 13 nitrogen and oxygen atoms in total. The van der Waals surface area contributed by atoms with E-state index in [9.17, 15) is 28.8 Å². The molecule has 8 aliphatic carbocycles. The first-order valence-corrected chi connectivity index (χ1v) is 39.8. The smallest absolute Gasteiger partial charge is 0.234 e. The van der Waals surface area contributed by atoms with Crippen LogP contribution < -0.4 is 34.1 Å². The van der Waals surface area contributed by atoms with Crippen LogP contribution in [-0.4, -0.2) is 70.7 Å². The van der Waals surface area contributed by atoms with Crippen LogP contribution in [0.5, 0.6) is 5.75 Å². The molecular weight excluding hydrogens is 1350 g/mol. The van der Waals surface area contributed by atoms with Crippen molar-refractivity contribution < 1.29 is 33.5 Å². The normalized spacial score (nSPS) is 22.2. The maximum absolute atomic E-state index is 13.8. The van der Waals surface area contributed by atoms with Crippen molar-refractivity contribution in [3.05, 3.63) is 261 Å². The molecule has 2 unspecified atom stereocenters. The summed E-state index contributed by atoms with van der Waals surface area (Å²) >= 11 is 0. The van der Waals surface area contributed by atoms with Crippen molar-refractivity contribution in [3.8, 4) is 5.75 Å². The number of hydrogen-bond acceptors (Lipinski definition) is 7. The number of methoxy groups -OCH3 is 1. The fraction of sp³-hybridized carbons (Fsp3) is 0.354. The molecule has 0 radical (unpaired) electrons. The molecule has 6 bridgehead atoms. The number of para-hydroxylation sites is 5. The highest BCUT2D eigenvalue weighted by Crippen LogP contribution is 2.66. The minimum absolute atomic E-state index is 0.0770. The van der Waals surface area contributed by atoms with Gasteiger partial charge in [-0.25, -0.2) is 0 Å². The quantitative estimate of drug-likeness (QED) is 0.0999. The predicted molar refractivity (Wildman–Crippen MR) is 442 cm³/mol. The topological polar surface area (TPSA) is 131 Å². The molecule has 8 aliphatic rings. The van der Waals surface area contributed by atoms with Crippen LogP contribution in [0, 0.1) is 58.2 Å². The van der Waals surface area contributed by atoms with Crippen molar-refractivity contribution in [2.75, 3.05) is 64.7 Å². The van der Waals surface area contributed by atoms with Gasteiger partial charge in [0.1, 0.15) is 5.75 Å². The van der Waals surface area contributed by atoms with Gasteiger partial charge >= 0.3 is 0 Å². The van der Waals surface area contributed by atoms with Gasteiger partial charge in [0.25, 0.3) is 0 Å². The van der Waals surface area contributed by atoms with Gasteiger partial charge in [-0.3, -0.25) is 38.6 Å². The van der Waals surface area contributed by atoms with Crippen molar-refractivity contribution in [1.82, 2.24) is 0 Å². The van der Waals surface area contributed by atoms with Gasteiger partial charge in [-0.15, -0.1) is 0 Å². The molecule has 0 heterocycles. The minimum Gasteiger partial charge on any atom is -0.497 e. The van der Waals surface area contributed by atoms with E-state index in [4.69, 9.17) is 4.74 Å². The average Bonchev–Trinajstić information content (AvgIpc) is 1.34. The van der Waals surface area contributed by atoms with Crippen LogP contribution in [0.1, 0.15) is 122 Å². The van der Waals surface area contributed by atoms with Crippen LogP contribution in [0.15, 0.2) is 261 Å². The number of ether oxygens (including phenoxy) is 1. The van der Waals surface area contributed by atoms with Gasteiger partial charge in [0.15, 0.2) is 0 Å². The number of carbonyl (C=O) groups is 6. The molecule has 0 aliphatic heterocycles. The summed E-state index contributed by atoms with van der Waals surface area (Å²) in [5.41, 5.74) is 6.61. The Bertz CT molecular complexity index is 4610. The van der Waals surface area contributed by atoms with Gasteiger partial charge in [-0.05, 0) is 215 Å². The van der Waals surface area contributed by atoms with Gasteiger partial charge in [0, 0.05) is 84.9 Å². The number of amides is 6. The first-order chi connectivity index (χ1) is 53.1. The van der Waals surface area contributed by atoms with E-state index >= 15 is 0 Å². The molecule has 10 aromatic carbocycles. The highest BCUT2D eigenvalue weighted by Gasteiger charge is 2.64. The standard InChI is InChI=1S/C26H30N2O2.C24H25NO2.C23H26N2O2.C23H23NO/c1-27(21-9-5-3-6-10-21)23(29)25-14-19-13-20(15-25)17-26(16-19,18-25)24(30)28(2)22-11-7-4-8-12-22;1-27-21-16-14-20(15-17-21)25(24(26)19-9-3-2-4-10-19)23-13-7-11-18-8-5-6-12-22(18)23;1-24(18-9-5-3-6-10-18)22(26)20-16-13-14-17(15-16)21(20)23(27)25(2)19-11-7-4-8-12-19;25-23(19-11-3-1-4-12-19)24(20-14-5-2-6-15-20)22-17-9-13-18-10-7-8-16-21(18)22/h3-12,19-20H,13-18H2,1-2H3;5-8,11-17,19H,2-4,9-10H2,1H3;3-12,16-17,20-21H,13-15H2,1-2H3;2,5-10,13-17,19H,1,3-4,11-12H2/t;;16-,17+,20?,21?;. The van der Waals surface area contributed by atoms with Crippen LogP contribution in [0.2, 0.25) is 0 Å². The van der Waals surface area contributed by atoms with Crippen LogP contribution in [0.4, 0.5) is 45.5 Å². The van der Waals surface area contributed by atoms with Crippen molar-refractivity contribution in [2.24, 2.45) is 58.2 Å². The molecule has 8 saturated carbocycles. The van der Waals surface area contributed by atoms with E-state index in [-0.39, 0.29) is 59.1 Å². The Morgan fingerprint density at radius 1 is 0.321 bits per heavy atom. The number of benzene rings is 10. The van der Waals surface area contributed by atoms with Crippen molar-refractivity contribution in [2.45, 2.75) is 122 Å². The lowest BCUT2D eigenvalue weighted by molar-refractivity contribution is -0.163. The zero-order valence-corrected chi connectivity index (χ0v) is 63.9. The molecular formula is C96H104N6O7. The predicted octanol–water partition coefficient (Wildman–Crippen LogP) is 21.1. The molecule has 0 spiro atoms. The molecule has 560 valence electrons. The molecule has 6 amide bonds. The van der Waals surface area contributed by atoms with Crippen LogP contribution >= 0.6 is 0 Å². The molecule has 8 fully saturated rings. The Kier molecular flexibility index (Phi) is 23.4. The van der Waals surface area contributed by atoms with E-state index in [1.54, 1.807) is 16.9 Å². The third kappa shape index (κ3) is 16.1. The number of hydrogen-bond donors (Lipinski definition) is 0. The number of fused-ring (bicyclic) bond motifs is 4. The number of carbonyl (C=O) groups excluding carboxylic acids is 6. The minimum atomic E-state index is -0.401. The van der Waals surface area contributed by atoms with Crippen molar-refractivity contribution in [1.29, 1.82) is 0 Å². The second-order valence-corrected chi connectivity index (χ2v) is 31.8. The maximum atomic E-state index is 13.8. The van der Waals surface area contributed by atoms with E-state index in [2.05, 4.69) is 42.5 Å². The fourth-order valence-electron chi connectivity index (χ4n) is 20.0. The van der Waals surface area contributed by atoms with E-state index in [1.807, 2.05) is 266 Å². The second kappa shape index (κ2) is 33.9. The molecule has 0 N–H and O–H groups in total. The lowest BCUT2D eigenvalue weighted by atomic mass is 9.43. The Morgan fingerprint density at radius 3 is 1.01 bits per heavy atom. The second-order valence-electron chi connectivity index (χ2n) is 31.8. The van der Waals surface area contributed by atoms with E-state index in [1.165, 1.54) is 19.3 Å². The fourth-order valence-corrected chi connectivity index (χ4v) is 20.0. The summed E-state index contributed by atoms with van der Waals surface area (Å²) in [6.45, 7) is 0. The SMILES string of the molecule is CN(C(=O)C12CC3CC(C1)CC(C(=O)N(C)c1ccccc1)(C3)C2)c1ccccc1.CN(C(=O)C1C(C(=O)N(C)c2ccccc2)[C@H]2CC[C@@H]1C2)c1ccccc1.COc1ccc(N(C(=O)C2CCCCC2)c2cccc3ccccc23)cc1.O=C(C1CCCCC1)N(c1ccccc1)c1cccc2ccccc12. The largest absolute Gasteiger partial charge is 0.497 e. The lowest BCUT2D eigenvalue weighted by Gasteiger charge is -2.61. The summed E-state index contributed by atoms with van der Waals surface area (Å²) < 4.78 is 5.30. The first-order valence-electron chi connectivity index (χ1n) is 39.8. The molecule has 4 atom stereocenters. The monoisotopic (exact) mass is 1450 g/mol.